The lowest BCUT2D eigenvalue weighted by Gasteiger charge is -2.31. The summed E-state index contributed by atoms with van der Waals surface area (Å²) in [6, 6.07) is 8.07. The summed E-state index contributed by atoms with van der Waals surface area (Å²) < 4.78 is 18.3. The van der Waals surface area contributed by atoms with Gasteiger partial charge in [-0.15, -0.1) is 0 Å². The zero-order chi connectivity index (χ0) is 19.6. The number of amides is 1. The molecule has 1 aromatic heterocycles. The molecule has 0 saturated heterocycles. The summed E-state index contributed by atoms with van der Waals surface area (Å²) in [6.07, 6.45) is 5.11. The Morgan fingerprint density at radius 2 is 1.96 bits per heavy atom. The second kappa shape index (κ2) is 7.63. The molecule has 1 aliphatic carbocycles. The molecule has 2 aromatic rings. The van der Waals surface area contributed by atoms with E-state index in [-0.39, 0.29) is 17.8 Å². The topological polar surface area (TPSA) is 91.7 Å². The number of methoxy groups -OCH3 is 1. The molecular weight excluding hydrogens is 362 g/mol. The minimum absolute atomic E-state index is 0.150. The van der Waals surface area contributed by atoms with Gasteiger partial charge in [-0.05, 0) is 31.0 Å². The van der Waals surface area contributed by atoms with Crippen LogP contribution in [0, 0.1) is 0 Å². The lowest BCUT2D eigenvalue weighted by molar-refractivity contribution is -0.105. The first-order valence-corrected chi connectivity index (χ1v) is 9.49. The van der Waals surface area contributed by atoms with Crippen LogP contribution in [0.1, 0.15) is 42.6 Å². The fourth-order valence-corrected chi connectivity index (χ4v) is 3.57. The van der Waals surface area contributed by atoms with Crippen LogP contribution >= 0.6 is 0 Å². The van der Waals surface area contributed by atoms with Crippen molar-refractivity contribution in [2.24, 2.45) is 0 Å². The van der Waals surface area contributed by atoms with Gasteiger partial charge in [0.05, 0.1) is 13.2 Å². The molecule has 8 nitrogen and oxygen atoms in total. The fourth-order valence-electron chi connectivity index (χ4n) is 3.57. The van der Waals surface area contributed by atoms with E-state index in [1.54, 1.807) is 25.3 Å². The summed E-state index contributed by atoms with van der Waals surface area (Å²) in [7, 11) is 1.54. The number of hydrogen-bond acceptors (Lipinski definition) is 6. The van der Waals surface area contributed by atoms with Crippen molar-refractivity contribution in [2.75, 3.05) is 19.0 Å². The van der Waals surface area contributed by atoms with Crippen LogP contribution in [-0.2, 0) is 11.3 Å². The van der Waals surface area contributed by atoms with Crippen molar-refractivity contribution in [3.63, 3.8) is 0 Å². The second-order valence-corrected chi connectivity index (χ2v) is 7.06. The highest BCUT2D eigenvalue weighted by Gasteiger charge is 2.42. The number of hydrogen-bond donors (Lipinski definition) is 1. The van der Waals surface area contributed by atoms with Crippen molar-refractivity contribution >= 4 is 11.6 Å². The third-order valence-electron chi connectivity index (χ3n) is 5.02. The van der Waals surface area contributed by atoms with Crippen LogP contribution in [0.4, 0.5) is 5.69 Å². The first kappa shape index (κ1) is 18.5. The first-order chi connectivity index (χ1) is 13.6. The minimum Gasteiger partial charge on any atom is -0.448 e. The van der Waals surface area contributed by atoms with E-state index >= 15 is 0 Å². The molecule has 1 amide bonds. The van der Waals surface area contributed by atoms with Crippen molar-refractivity contribution in [1.29, 1.82) is 0 Å². The Labute approximate surface area is 162 Å². The number of aromatic nitrogens is 2. The average Bonchev–Trinajstić information content (AvgIpc) is 3.04. The summed E-state index contributed by atoms with van der Waals surface area (Å²) in [5, 5.41) is 6.90. The molecule has 1 aromatic carbocycles. The number of nitrogens with one attached hydrogen (secondary N) is 1. The molecular formula is C20H23N3O5. The van der Waals surface area contributed by atoms with Crippen molar-refractivity contribution < 1.29 is 19.0 Å². The molecule has 0 radical (unpaired) electrons. The van der Waals surface area contributed by atoms with E-state index in [0.29, 0.717) is 23.8 Å². The highest BCUT2D eigenvalue weighted by Crippen LogP contribution is 2.46. The number of carbonyl (C=O) groups excluding carboxylic acids is 1. The summed E-state index contributed by atoms with van der Waals surface area (Å²) in [4.78, 5) is 24.4. The van der Waals surface area contributed by atoms with Gasteiger partial charge in [-0.25, -0.2) is 4.68 Å². The Bertz CT molecular complexity index is 934. The maximum Gasteiger partial charge on any atom is 0.276 e. The van der Waals surface area contributed by atoms with Crippen molar-refractivity contribution in [3.8, 4) is 11.5 Å². The molecule has 4 rings (SSSR count). The monoisotopic (exact) mass is 385 g/mol. The Hall–Kier alpha value is -2.87. The number of anilines is 1. The molecule has 1 fully saturated rings. The van der Waals surface area contributed by atoms with E-state index in [0.717, 1.165) is 25.7 Å². The van der Waals surface area contributed by atoms with Crippen LogP contribution in [0.15, 0.2) is 35.1 Å². The number of fused-ring (bicyclic) bond motifs is 1. The summed E-state index contributed by atoms with van der Waals surface area (Å²) in [5.74, 6) is 0.378. The zero-order valence-corrected chi connectivity index (χ0v) is 15.8. The lowest BCUT2D eigenvalue weighted by Crippen LogP contribution is -2.40. The average molecular weight is 385 g/mol. The lowest BCUT2D eigenvalue weighted by atomic mass is 9.94. The van der Waals surface area contributed by atoms with E-state index in [1.807, 2.05) is 0 Å². The predicted octanol–water partition coefficient (Wildman–Crippen LogP) is 2.57. The van der Waals surface area contributed by atoms with Crippen molar-refractivity contribution in [1.82, 2.24) is 9.78 Å². The molecule has 1 N–H and O–H groups in total. The standard InChI is InChI=1S/C20H23N3O5/c1-26-12-11-23-18(24)8-6-15(22-23)19(25)21-14-5-7-16-17(13-14)28-20(27-16)9-3-2-4-10-20/h5-8,13H,2-4,9-12H2,1H3,(H,21,25). The molecule has 0 bridgehead atoms. The van der Waals surface area contributed by atoms with Gasteiger partial charge in [0.1, 0.15) is 5.69 Å². The van der Waals surface area contributed by atoms with Gasteiger partial charge in [-0.2, -0.15) is 5.10 Å². The van der Waals surface area contributed by atoms with Gasteiger partial charge in [-0.1, -0.05) is 6.42 Å². The van der Waals surface area contributed by atoms with Crippen molar-refractivity contribution in [3.05, 3.63) is 46.4 Å². The molecule has 0 unspecified atom stereocenters. The molecule has 1 aliphatic heterocycles. The number of carbonyl (C=O) groups is 1. The molecule has 2 heterocycles. The van der Waals surface area contributed by atoms with Gasteiger partial charge in [0.15, 0.2) is 11.5 Å². The largest absolute Gasteiger partial charge is 0.448 e. The second-order valence-electron chi connectivity index (χ2n) is 7.06. The zero-order valence-electron chi connectivity index (χ0n) is 15.8. The van der Waals surface area contributed by atoms with Gasteiger partial charge in [0, 0.05) is 37.8 Å². The van der Waals surface area contributed by atoms with E-state index in [4.69, 9.17) is 14.2 Å². The Balaban J connectivity index is 1.48. The highest BCUT2D eigenvalue weighted by molar-refractivity contribution is 6.02. The van der Waals surface area contributed by atoms with Gasteiger partial charge in [-0.3, -0.25) is 9.59 Å². The Morgan fingerprint density at radius 3 is 2.75 bits per heavy atom. The molecule has 0 atom stereocenters. The summed E-state index contributed by atoms with van der Waals surface area (Å²) in [6.45, 7) is 0.616. The van der Waals surface area contributed by atoms with Crippen LogP contribution in [-0.4, -0.2) is 35.2 Å². The Kier molecular flexibility index (Phi) is 5.04. The maximum absolute atomic E-state index is 12.6. The van der Waals surface area contributed by atoms with E-state index < -0.39 is 11.7 Å². The third-order valence-corrected chi connectivity index (χ3v) is 5.02. The molecule has 148 valence electrons. The Morgan fingerprint density at radius 1 is 1.18 bits per heavy atom. The SMILES string of the molecule is COCCn1nc(C(=O)Nc2ccc3c(c2)OC2(CCCCC2)O3)ccc1=O. The number of nitrogens with zero attached hydrogens (tertiary/aromatic N) is 2. The fraction of sp³-hybridized carbons (Fsp3) is 0.450. The normalized spacial score (nSPS) is 16.9. The summed E-state index contributed by atoms with van der Waals surface area (Å²) in [5.41, 5.74) is 0.447. The first-order valence-electron chi connectivity index (χ1n) is 9.49. The van der Waals surface area contributed by atoms with Crippen LogP contribution in [0.5, 0.6) is 11.5 Å². The van der Waals surface area contributed by atoms with E-state index in [1.165, 1.54) is 23.2 Å². The third kappa shape index (κ3) is 3.73. The number of rotatable bonds is 5. The van der Waals surface area contributed by atoms with Crippen LogP contribution in [0.25, 0.3) is 0 Å². The van der Waals surface area contributed by atoms with E-state index in [9.17, 15) is 9.59 Å². The molecule has 8 heteroatoms. The van der Waals surface area contributed by atoms with E-state index in [2.05, 4.69) is 10.4 Å². The number of ether oxygens (including phenoxy) is 3. The van der Waals surface area contributed by atoms with Gasteiger partial charge in [0.25, 0.3) is 17.3 Å². The quantitative estimate of drug-likeness (QED) is 0.851. The number of benzene rings is 1. The van der Waals surface area contributed by atoms with Crippen LogP contribution in [0.3, 0.4) is 0 Å². The predicted molar refractivity (Wildman–Crippen MR) is 102 cm³/mol. The van der Waals surface area contributed by atoms with Crippen LogP contribution < -0.4 is 20.3 Å². The minimum atomic E-state index is -0.554. The molecule has 2 aliphatic rings. The smallest absolute Gasteiger partial charge is 0.276 e. The van der Waals surface area contributed by atoms with Gasteiger partial charge in [0.2, 0.25) is 0 Å². The van der Waals surface area contributed by atoms with Gasteiger partial charge < -0.3 is 19.5 Å². The van der Waals surface area contributed by atoms with Gasteiger partial charge >= 0.3 is 0 Å². The maximum atomic E-state index is 12.6. The summed E-state index contributed by atoms with van der Waals surface area (Å²) >= 11 is 0. The molecule has 1 saturated carbocycles. The molecule has 1 spiro atoms. The van der Waals surface area contributed by atoms with Crippen molar-refractivity contribution in [2.45, 2.75) is 44.4 Å². The highest BCUT2D eigenvalue weighted by atomic mass is 16.7. The van der Waals surface area contributed by atoms with Crippen LogP contribution in [0.2, 0.25) is 0 Å². The molecule has 28 heavy (non-hydrogen) atoms.